The van der Waals surface area contributed by atoms with Gasteiger partial charge in [-0.2, -0.15) is 4.57 Å². The van der Waals surface area contributed by atoms with E-state index < -0.39 is 0 Å². The molecule has 2 rings (SSSR count). The molecular weight excluding hydrogens is 260 g/mol. The molecule has 0 radical (unpaired) electrons. The van der Waals surface area contributed by atoms with Crippen LogP contribution in [0.5, 0.6) is 0 Å². The number of pyridine rings is 1. The third-order valence-corrected chi connectivity index (χ3v) is 3.76. The van der Waals surface area contributed by atoms with Crippen molar-refractivity contribution in [3.05, 3.63) is 59.9 Å². The predicted molar refractivity (Wildman–Crippen MR) is 85.2 cm³/mol. The van der Waals surface area contributed by atoms with Crippen LogP contribution < -0.4 is 9.88 Å². The average Bonchev–Trinajstić information content (AvgIpc) is 2.49. The van der Waals surface area contributed by atoms with Crippen molar-refractivity contribution in [2.24, 2.45) is 0 Å². The fourth-order valence-electron chi connectivity index (χ4n) is 2.25. The van der Waals surface area contributed by atoms with Gasteiger partial charge in [-0.05, 0) is 36.5 Å². The summed E-state index contributed by atoms with van der Waals surface area (Å²) in [5.74, 6) is 0.438. The van der Waals surface area contributed by atoms with Crippen LogP contribution in [0, 0.1) is 6.92 Å². The van der Waals surface area contributed by atoms with Gasteiger partial charge in [0.25, 0.3) is 5.91 Å². The minimum Gasteiger partial charge on any atom is -0.320 e. The second-order valence-electron chi connectivity index (χ2n) is 5.49. The van der Waals surface area contributed by atoms with Crippen LogP contribution in [0.4, 0.5) is 5.69 Å². The van der Waals surface area contributed by atoms with Crippen molar-refractivity contribution in [2.75, 3.05) is 5.32 Å². The van der Waals surface area contributed by atoms with Crippen molar-refractivity contribution in [3.63, 3.8) is 0 Å². The zero-order valence-electron chi connectivity index (χ0n) is 13.0. The third-order valence-electron chi connectivity index (χ3n) is 3.76. The molecule has 0 bridgehead atoms. The highest BCUT2D eigenvalue weighted by molar-refractivity contribution is 5.90. The fourth-order valence-corrected chi connectivity index (χ4v) is 2.25. The van der Waals surface area contributed by atoms with Gasteiger partial charge in [-0.25, -0.2) is 0 Å². The number of nitrogens with zero attached hydrogens (tertiary/aromatic N) is 1. The number of aromatic nitrogens is 1. The molecule has 0 aliphatic heterocycles. The Hall–Kier alpha value is -2.16. The molecule has 110 valence electrons. The number of carbonyl (C=O) groups is 1. The lowest BCUT2D eigenvalue weighted by Gasteiger charge is -2.14. The zero-order chi connectivity index (χ0) is 15.2. The van der Waals surface area contributed by atoms with Crippen LogP contribution in [0.15, 0.2) is 48.8 Å². The van der Waals surface area contributed by atoms with Gasteiger partial charge in [0.1, 0.15) is 0 Å². The molecule has 1 aromatic heterocycles. The molecule has 0 spiro atoms. The number of benzene rings is 1. The molecule has 21 heavy (non-hydrogen) atoms. The van der Waals surface area contributed by atoms with E-state index in [4.69, 9.17) is 0 Å². The summed E-state index contributed by atoms with van der Waals surface area (Å²) in [4.78, 5) is 12.2. The standard InChI is InChI=1S/C18H22N2O/c1-4-15(3)16-7-5-6-8-17(16)19-18(21)13-20-11-9-14(2)10-12-20/h5-12,15H,4,13H2,1-3H3/p+1/t15-/m1/s1. The lowest BCUT2D eigenvalue weighted by molar-refractivity contribution is -0.684. The van der Waals surface area contributed by atoms with Gasteiger partial charge in [-0.3, -0.25) is 4.79 Å². The Kier molecular flexibility index (Phi) is 5.09. The SMILES string of the molecule is CC[C@@H](C)c1ccccc1NC(=O)C[n+]1ccc(C)cc1. The minimum absolute atomic E-state index is 0.000365. The number of rotatable bonds is 5. The van der Waals surface area contributed by atoms with E-state index in [1.165, 1.54) is 11.1 Å². The molecule has 2 aromatic rings. The van der Waals surface area contributed by atoms with Gasteiger partial charge in [0.15, 0.2) is 12.4 Å². The molecule has 1 amide bonds. The van der Waals surface area contributed by atoms with Gasteiger partial charge in [-0.15, -0.1) is 0 Å². The quantitative estimate of drug-likeness (QED) is 0.838. The normalized spacial score (nSPS) is 12.0. The number of para-hydroxylation sites is 1. The summed E-state index contributed by atoms with van der Waals surface area (Å²) in [5, 5.41) is 3.03. The number of amides is 1. The predicted octanol–water partition coefficient (Wildman–Crippen LogP) is 3.43. The summed E-state index contributed by atoms with van der Waals surface area (Å²) in [7, 11) is 0. The van der Waals surface area contributed by atoms with Crippen LogP contribution in [0.3, 0.4) is 0 Å². The van der Waals surface area contributed by atoms with Gasteiger partial charge < -0.3 is 5.32 Å². The second kappa shape index (κ2) is 7.02. The topological polar surface area (TPSA) is 33.0 Å². The van der Waals surface area contributed by atoms with Crippen LogP contribution in [0.1, 0.15) is 37.3 Å². The first-order valence-corrected chi connectivity index (χ1v) is 7.44. The summed E-state index contributed by atoms with van der Waals surface area (Å²) in [6, 6.07) is 12.0. The molecule has 1 aromatic carbocycles. The first-order chi connectivity index (χ1) is 10.1. The number of hydrogen-bond acceptors (Lipinski definition) is 1. The molecule has 1 heterocycles. The van der Waals surface area contributed by atoms with Crippen LogP contribution in [-0.2, 0) is 11.3 Å². The summed E-state index contributed by atoms with van der Waals surface area (Å²) in [5.41, 5.74) is 3.31. The van der Waals surface area contributed by atoms with E-state index in [0.29, 0.717) is 12.5 Å². The van der Waals surface area contributed by atoms with Gasteiger partial charge in [0.05, 0.1) is 0 Å². The van der Waals surface area contributed by atoms with E-state index in [-0.39, 0.29) is 5.91 Å². The third kappa shape index (κ3) is 4.15. The summed E-state index contributed by atoms with van der Waals surface area (Å²) in [6.07, 6.45) is 4.91. The highest BCUT2D eigenvalue weighted by Gasteiger charge is 2.13. The second-order valence-corrected chi connectivity index (χ2v) is 5.49. The highest BCUT2D eigenvalue weighted by Crippen LogP contribution is 2.26. The smallest absolute Gasteiger partial charge is 0.290 e. The van der Waals surface area contributed by atoms with E-state index in [1.54, 1.807) is 0 Å². The van der Waals surface area contributed by atoms with E-state index in [1.807, 2.05) is 54.2 Å². The van der Waals surface area contributed by atoms with Gasteiger partial charge in [0, 0.05) is 17.8 Å². The average molecular weight is 283 g/mol. The number of carbonyl (C=O) groups excluding carboxylic acids is 1. The summed E-state index contributed by atoms with van der Waals surface area (Å²) >= 11 is 0. The van der Waals surface area contributed by atoms with Crippen LogP contribution >= 0.6 is 0 Å². The largest absolute Gasteiger partial charge is 0.320 e. The van der Waals surface area contributed by atoms with Crippen molar-refractivity contribution < 1.29 is 9.36 Å². The van der Waals surface area contributed by atoms with Crippen molar-refractivity contribution in [1.29, 1.82) is 0 Å². The molecule has 0 saturated heterocycles. The van der Waals surface area contributed by atoms with Gasteiger partial charge >= 0.3 is 0 Å². The van der Waals surface area contributed by atoms with Crippen molar-refractivity contribution in [3.8, 4) is 0 Å². The lowest BCUT2D eigenvalue weighted by Crippen LogP contribution is -2.39. The molecule has 3 nitrogen and oxygen atoms in total. The van der Waals surface area contributed by atoms with Gasteiger partial charge in [0.2, 0.25) is 6.54 Å². The van der Waals surface area contributed by atoms with E-state index in [0.717, 1.165) is 12.1 Å². The first-order valence-electron chi connectivity index (χ1n) is 7.44. The maximum atomic E-state index is 12.2. The molecule has 1 atom stereocenters. The molecule has 0 aliphatic carbocycles. The van der Waals surface area contributed by atoms with E-state index >= 15 is 0 Å². The van der Waals surface area contributed by atoms with Crippen molar-refractivity contribution in [1.82, 2.24) is 0 Å². The maximum absolute atomic E-state index is 12.2. The molecule has 3 heteroatoms. The number of anilines is 1. The monoisotopic (exact) mass is 283 g/mol. The van der Waals surface area contributed by atoms with Crippen LogP contribution in [0.25, 0.3) is 0 Å². The Balaban J connectivity index is 2.07. The molecule has 1 N–H and O–H groups in total. The van der Waals surface area contributed by atoms with Crippen LogP contribution in [-0.4, -0.2) is 5.91 Å². The molecule has 0 fully saturated rings. The Bertz CT molecular complexity index is 605. The Labute approximate surface area is 126 Å². The molecule has 0 saturated carbocycles. The van der Waals surface area contributed by atoms with Crippen molar-refractivity contribution in [2.45, 2.75) is 39.7 Å². The number of hydrogen-bond donors (Lipinski definition) is 1. The number of aryl methyl sites for hydroxylation is 1. The van der Waals surface area contributed by atoms with E-state index in [2.05, 4.69) is 25.2 Å². The molecule has 0 aliphatic rings. The van der Waals surface area contributed by atoms with Crippen molar-refractivity contribution >= 4 is 11.6 Å². The first kappa shape index (κ1) is 15.2. The molecule has 0 unspecified atom stereocenters. The number of nitrogens with one attached hydrogen (secondary N) is 1. The Morgan fingerprint density at radius 3 is 2.52 bits per heavy atom. The van der Waals surface area contributed by atoms with E-state index in [9.17, 15) is 4.79 Å². The highest BCUT2D eigenvalue weighted by atomic mass is 16.1. The maximum Gasteiger partial charge on any atom is 0.290 e. The summed E-state index contributed by atoms with van der Waals surface area (Å²) in [6.45, 7) is 6.70. The lowest BCUT2D eigenvalue weighted by atomic mass is 9.97. The molecular formula is C18H23N2O+. The Morgan fingerprint density at radius 1 is 1.19 bits per heavy atom. The Morgan fingerprint density at radius 2 is 1.86 bits per heavy atom. The zero-order valence-corrected chi connectivity index (χ0v) is 13.0. The summed E-state index contributed by atoms with van der Waals surface area (Å²) < 4.78 is 1.88. The minimum atomic E-state index is -0.000365. The fraction of sp³-hybridized carbons (Fsp3) is 0.333. The van der Waals surface area contributed by atoms with Crippen LogP contribution in [0.2, 0.25) is 0 Å². The van der Waals surface area contributed by atoms with Gasteiger partial charge in [-0.1, -0.05) is 32.0 Å².